The molecule has 4 rings (SSSR count). The van der Waals surface area contributed by atoms with E-state index in [1.807, 2.05) is 30.5 Å². The molecule has 1 aliphatic carbocycles. The Balaban J connectivity index is 1.51. The number of hydrogen-bond donors (Lipinski definition) is 1. The Hall–Kier alpha value is -2.19. The highest BCUT2D eigenvalue weighted by Crippen LogP contribution is 2.43. The van der Waals surface area contributed by atoms with Crippen LogP contribution in [-0.4, -0.2) is 60.9 Å². The van der Waals surface area contributed by atoms with Crippen LogP contribution < -0.4 is 5.32 Å². The van der Waals surface area contributed by atoms with Crippen molar-refractivity contribution in [2.45, 2.75) is 109 Å². The summed E-state index contributed by atoms with van der Waals surface area (Å²) in [7, 11) is -3.93. The van der Waals surface area contributed by atoms with Crippen LogP contribution in [0.2, 0.25) is 36.3 Å². The van der Waals surface area contributed by atoms with Gasteiger partial charge >= 0.3 is 0 Å². The van der Waals surface area contributed by atoms with Gasteiger partial charge in [-0.1, -0.05) is 69.6 Å². The zero-order valence-corrected chi connectivity index (χ0v) is 31.7. The standard InChI is InChI=1S/C33H50BrN5O3Si2/c1-32(2,3)43(7,8)41-21-24-17-26(18-29(24)42-44(9,10)33(4,5)6)37-31-27(19-35-22-36-31)30(40)28-14-15-39(38-28)20-23-12-11-13-25(34)16-23/h11-16,19,22,24,26,29H,17-18,20-21H2,1-10H3,(H,35,36,37)/t24-,26+,29-/m0/s1. The Morgan fingerprint density at radius 1 is 1.05 bits per heavy atom. The predicted molar refractivity (Wildman–Crippen MR) is 186 cm³/mol. The summed E-state index contributed by atoms with van der Waals surface area (Å²) in [5, 5.41) is 8.43. The molecule has 1 saturated carbocycles. The Kier molecular flexibility index (Phi) is 10.5. The van der Waals surface area contributed by atoms with Gasteiger partial charge < -0.3 is 14.2 Å². The van der Waals surface area contributed by atoms with Crippen molar-refractivity contribution in [3.63, 3.8) is 0 Å². The fourth-order valence-corrected chi connectivity index (χ4v) is 7.86. The van der Waals surface area contributed by atoms with Gasteiger partial charge in [-0.25, -0.2) is 9.97 Å². The van der Waals surface area contributed by atoms with E-state index in [1.165, 1.54) is 6.33 Å². The third-order valence-corrected chi connectivity index (χ3v) is 19.2. The molecule has 0 radical (unpaired) electrons. The van der Waals surface area contributed by atoms with Crippen LogP contribution in [0.1, 0.15) is 76.0 Å². The molecular weight excluding hydrogens is 650 g/mol. The number of nitrogens with one attached hydrogen (secondary N) is 1. The van der Waals surface area contributed by atoms with E-state index in [0.29, 0.717) is 30.2 Å². The first kappa shape index (κ1) is 34.7. The van der Waals surface area contributed by atoms with Gasteiger partial charge in [0, 0.05) is 35.4 Å². The molecule has 1 fully saturated rings. The number of carbonyl (C=O) groups excluding carboxylic acids is 1. The number of benzene rings is 1. The minimum Gasteiger partial charge on any atom is -0.416 e. The maximum Gasteiger partial charge on any atom is 0.218 e. The lowest BCUT2D eigenvalue weighted by Crippen LogP contribution is -2.46. The van der Waals surface area contributed by atoms with Crippen LogP contribution in [-0.2, 0) is 15.4 Å². The average Bonchev–Trinajstić information content (AvgIpc) is 3.52. The summed E-state index contributed by atoms with van der Waals surface area (Å²) in [6, 6.07) is 9.90. The first-order chi connectivity index (χ1) is 20.4. The fraction of sp³-hybridized carbons (Fsp3) is 0.576. The van der Waals surface area contributed by atoms with Gasteiger partial charge in [0.1, 0.15) is 17.8 Å². The highest BCUT2D eigenvalue weighted by atomic mass is 79.9. The second kappa shape index (κ2) is 13.3. The van der Waals surface area contributed by atoms with E-state index in [1.54, 1.807) is 16.9 Å². The summed E-state index contributed by atoms with van der Waals surface area (Å²) in [6.45, 7) is 24.2. The van der Waals surface area contributed by atoms with E-state index >= 15 is 0 Å². The van der Waals surface area contributed by atoms with E-state index in [9.17, 15) is 4.79 Å². The van der Waals surface area contributed by atoms with Crippen LogP contribution >= 0.6 is 15.9 Å². The molecule has 240 valence electrons. The van der Waals surface area contributed by atoms with Crippen molar-refractivity contribution in [3.8, 4) is 0 Å². The van der Waals surface area contributed by atoms with Crippen molar-refractivity contribution in [2.75, 3.05) is 11.9 Å². The minimum atomic E-state index is -2.01. The predicted octanol–water partition coefficient (Wildman–Crippen LogP) is 8.32. The van der Waals surface area contributed by atoms with Crippen molar-refractivity contribution in [2.24, 2.45) is 5.92 Å². The van der Waals surface area contributed by atoms with E-state index in [4.69, 9.17) is 8.85 Å². The van der Waals surface area contributed by atoms with Crippen molar-refractivity contribution in [3.05, 3.63) is 70.3 Å². The molecule has 44 heavy (non-hydrogen) atoms. The first-order valence-corrected chi connectivity index (χ1v) is 22.2. The van der Waals surface area contributed by atoms with Gasteiger partial charge in [-0.05, 0) is 72.9 Å². The topological polar surface area (TPSA) is 91.2 Å². The monoisotopic (exact) mass is 699 g/mol. The van der Waals surface area contributed by atoms with Crippen LogP contribution in [0.4, 0.5) is 5.82 Å². The molecule has 0 amide bonds. The number of halogens is 1. The quantitative estimate of drug-likeness (QED) is 0.159. The Morgan fingerprint density at radius 3 is 2.41 bits per heavy atom. The van der Waals surface area contributed by atoms with Crippen molar-refractivity contribution in [1.82, 2.24) is 19.7 Å². The number of anilines is 1. The summed E-state index contributed by atoms with van der Waals surface area (Å²) in [5.74, 6) is 0.588. The second-order valence-corrected chi connectivity index (χ2v) is 25.7. The second-order valence-electron chi connectivity index (χ2n) is 15.2. The maximum atomic E-state index is 13.7. The molecule has 3 atom stereocenters. The summed E-state index contributed by atoms with van der Waals surface area (Å²) in [5.41, 5.74) is 1.88. The molecular formula is C33H50BrN5O3Si2. The molecule has 2 heterocycles. The molecule has 1 N–H and O–H groups in total. The third-order valence-electron chi connectivity index (χ3n) is 9.75. The summed E-state index contributed by atoms with van der Waals surface area (Å²) in [6.07, 6.45) is 6.69. The smallest absolute Gasteiger partial charge is 0.218 e. The van der Waals surface area contributed by atoms with Gasteiger partial charge in [0.2, 0.25) is 5.78 Å². The van der Waals surface area contributed by atoms with Crippen molar-refractivity contribution in [1.29, 1.82) is 0 Å². The van der Waals surface area contributed by atoms with E-state index in [0.717, 1.165) is 22.9 Å². The van der Waals surface area contributed by atoms with Gasteiger partial charge in [-0.3, -0.25) is 9.48 Å². The minimum absolute atomic E-state index is 0.0767. The van der Waals surface area contributed by atoms with Crippen LogP contribution in [0.15, 0.2) is 53.5 Å². The maximum absolute atomic E-state index is 13.7. The normalized spacial score (nSPS) is 19.8. The van der Waals surface area contributed by atoms with Crippen LogP contribution in [0.5, 0.6) is 0 Å². The molecule has 2 aromatic heterocycles. The lowest BCUT2D eigenvalue weighted by atomic mass is 10.1. The van der Waals surface area contributed by atoms with Crippen LogP contribution in [0.25, 0.3) is 0 Å². The molecule has 0 unspecified atom stereocenters. The van der Waals surface area contributed by atoms with Crippen molar-refractivity contribution < 1.29 is 13.6 Å². The number of aromatic nitrogens is 4. The van der Waals surface area contributed by atoms with Gasteiger partial charge in [0.05, 0.1) is 18.2 Å². The highest BCUT2D eigenvalue weighted by Gasteiger charge is 2.45. The third kappa shape index (κ3) is 8.34. The summed E-state index contributed by atoms with van der Waals surface area (Å²) >= 11 is 3.52. The molecule has 8 nitrogen and oxygen atoms in total. The van der Waals surface area contributed by atoms with E-state index < -0.39 is 16.6 Å². The van der Waals surface area contributed by atoms with Crippen LogP contribution in [0, 0.1) is 5.92 Å². The first-order valence-electron chi connectivity index (χ1n) is 15.6. The van der Waals surface area contributed by atoms with E-state index in [-0.39, 0.29) is 33.9 Å². The van der Waals surface area contributed by atoms with Crippen LogP contribution in [0.3, 0.4) is 0 Å². The van der Waals surface area contributed by atoms with Gasteiger partial charge in [0.25, 0.3) is 0 Å². The molecule has 11 heteroatoms. The number of hydrogen-bond acceptors (Lipinski definition) is 7. The molecule has 0 bridgehead atoms. The molecule has 1 aromatic carbocycles. The number of carbonyl (C=O) groups is 1. The Morgan fingerprint density at radius 2 is 1.75 bits per heavy atom. The lowest BCUT2D eigenvalue weighted by Gasteiger charge is -2.41. The van der Waals surface area contributed by atoms with Gasteiger partial charge in [-0.15, -0.1) is 0 Å². The fourth-order valence-electron chi connectivity index (χ4n) is 4.95. The molecule has 0 spiro atoms. The van der Waals surface area contributed by atoms with Crippen molar-refractivity contribution >= 4 is 44.2 Å². The zero-order chi connectivity index (χ0) is 32.5. The average molecular weight is 701 g/mol. The highest BCUT2D eigenvalue weighted by molar-refractivity contribution is 9.10. The number of rotatable bonds is 11. The zero-order valence-electron chi connectivity index (χ0n) is 28.1. The summed E-state index contributed by atoms with van der Waals surface area (Å²) < 4.78 is 16.5. The molecule has 0 saturated heterocycles. The SMILES string of the molecule is CC(C)(C)[Si](C)(C)OC[C@@H]1C[C@@H](Nc2ncncc2C(=O)c2ccn(Cc3cccc(Br)c3)n2)C[C@@H]1O[Si](C)(C)C(C)(C)C. The largest absolute Gasteiger partial charge is 0.416 e. The molecule has 0 aliphatic heterocycles. The number of ketones is 1. The van der Waals surface area contributed by atoms with Gasteiger partial charge in [0.15, 0.2) is 16.6 Å². The van der Waals surface area contributed by atoms with Gasteiger partial charge in [-0.2, -0.15) is 5.10 Å². The Bertz CT molecular complexity index is 1450. The number of nitrogens with zero attached hydrogens (tertiary/aromatic N) is 4. The Labute approximate surface area is 274 Å². The summed E-state index contributed by atoms with van der Waals surface area (Å²) in [4.78, 5) is 22.4. The molecule has 1 aliphatic rings. The van der Waals surface area contributed by atoms with E-state index in [2.05, 4.69) is 104 Å². The lowest BCUT2D eigenvalue weighted by molar-refractivity contribution is 0.101. The molecule has 3 aromatic rings.